The Morgan fingerprint density at radius 1 is 1.34 bits per heavy atom. The number of rotatable bonds is 5. The van der Waals surface area contributed by atoms with E-state index in [0.717, 1.165) is 32.1 Å². The molecule has 4 aliphatic carbocycles. The molecule has 0 aromatic heterocycles. The first-order valence-electron chi connectivity index (χ1n) is 10.2. The van der Waals surface area contributed by atoms with Crippen molar-refractivity contribution in [1.29, 1.82) is 5.26 Å². The standard InChI is InChI=1S/C22H27ClN4O2/c1-21(2,29-17-5-3-4-16(23)8-17)20(26-12-24)27-18-14-6-13-7-15(18)11-22(9-13,10-14)19(25)28/h3-5,8,13-15,18H,6-7,9-11H2,1-2H3,(H2,25,28)(H,26,27). The highest BCUT2D eigenvalue weighted by Crippen LogP contribution is 2.60. The molecule has 1 aromatic carbocycles. The number of primary amides is 1. The number of halogens is 1. The first-order valence-corrected chi connectivity index (χ1v) is 10.6. The Bertz CT molecular complexity index is 875. The topological polar surface area (TPSA) is 100 Å². The van der Waals surface area contributed by atoms with Crippen molar-refractivity contribution in [3.05, 3.63) is 29.3 Å². The Kier molecular flexibility index (Phi) is 4.98. The second kappa shape index (κ2) is 7.21. The van der Waals surface area contributed by atoms with Gasteiger partial charge in [0.2, 0.25) is 12.1 Å². The first kappa shape index (κ1) is 20.0. The molecule has 29 heavy (non-hydrogen) atoms. The van der Waals surface area contributed by atoms with Gasteiger partial charge in [0.25, 0.3) is 0 Å². The Hall–Kier alpha value is -2.26. The fourth-order valence-electron chi connectivity index (χ4n) is 5.98. The zero-order chi connectivity index (χ0) is 20.8. The van der Waals surface area contributed by atoms with Crippen molar-refractivity contribution >= 4 is 23.3 Å². The molecular weight excluding hydrogens is 388 g/mol. The van der Waals surface area contributed by atoms with E-state index in [1.165, 1.54) is 0 Å². The van der Waals surface area contributed by atoms with Crippen LogP contribution in [0.3, 0.4) is 0 Å². The Balaban J connectivity index is 1.54. The summed E-state index contributed by atoms with van der Waals surface area (Å²) in [6, 6.07) is 7.36. The smallest absolute Gasteiger partial charge is 0.223 e. The van der Waals surface area contributed by atoms with Crippen LogP contribution >= 0.6 is 11.6 Å². The SMILES string of the molecule is CC(C)(Oc1cccc(Cl)c1)C(=NC#N)NC1C2CC3CC1CC(C(N)=O)(C3)C2. The number of hydrogen-bond acceptors (Lipinski definition) is 4. The van der Waals surface area contributed by atoms with E-state index in [9.17, 15) is 10.1 Å². The van der Waals surface area contributed by atoms with Crippen LogP contribution in [-0.2, 0) is 4.79 Å². The summed E-state index contributed by atoms with van der Waals surface area (Å²) in [5, 5.41) is 13.4. The quantitative estimate of drug-likeness (QED) is 0.436. The summed E-state index contributed by atoms with van der Waals surface area (Å²) in [6.45, 7) is 3.77. The van der Waals surface area contributed by atoms with Crippen molar-refractivity contribution in [2.75, 3.05) is 0 Å². The van der Waals surface area contributed by atoms with Gasteiger partial charge in [-0.2, -0.15) is 10.3 Å². The third-order valence-electron chi connectivity index (χ3n) is 7.00. The molecule has 0 spiro atoms. The van der Waals surface area contributed by atoms with Gasteiger partial charge >= 0.3 is 0 Å². The number of nitrogens with one attached hydrogen (secondary N) is 1. The summed E-state index contributed by atoms with van der Waals surface area (Å²) in [4.78, 5) is 16.3. The van der Waals surface area contributed by atoms with E-state index in [2.05, 4.69) is 10.3 Å². The average Bonchev–Trinajstić information content (AvgIpc) is 2.62. The minimum absolute atomic E-state index is 0.147. The van der Waals surface area contributed by atoms with E-state index >= 15 is 0 Å². The summed E-state index contributed by atoms with van der Waals surface area (Å²) in [6.07, 6.45) is 6.69. The lowest BCUT2D eigenvalue weighted by atomic mass is 9.47. The number of amidine groups is 1. The normalized spacial score (nSPS) is 33.2. The van der Waals surface area contributed by atoms with Gasteiger partial charge in [-0.3, -0.25) is 4.79 Å². The molecule has 4 fully saturated rings. The number of ether oxygens (including phenoxy) is 1. The van der Waals surface area contributed by atoms with Gasteiger partial charge in [-0.05, 0) is 81.9 Å². The van der Waals surface area contributed by atoms with E-state index in [4.69, 9.17) is 22.1 Å². The summed E-state index contributed by atoms with van der Waals surface area (Å²) in [5.74, 6) is 2.27. The van der Waals surface area contributed by atoms with Crippen molar-refractivity contribution < 1.29 is 9.53 Å². The minimum atomic E-state index is -0.837. The molecule has 5 rings (SSSR count). The van der Waals surface area contributed by atoms with Crippen LogP contribution in [0.5, 0.6) is 5.75 Å². The number of carbonyl (C=O) groups is 1. The number of nitrogens with two attached hydrogens (primary N) is 1. The van der Waals surface area contributed by atoms with Crippen molar-refractivity contribution in [3.63, 3.8) is 0 Å². The van der Waals surface area contributed by atoms with Gasteiger partial charge in [-0.15, -0.1) is 0 Å². The molecule has 0 saturated heterocycles. The highest BCUT2D eigenvalue weighted by atomic mass is 35.5. The van der Waals surface area contributed by atoms with Crippen LogP contribution in [0, 0.1) is 34.6 Å². The molecule has 154 valence electrons. The number of nitrogens with zero attached hydrogens (tertiary/aromatic N) is 2. The lowest BCUT2D eigenvalue weighted by Gasteiger charge is -2.59. The van der Waals surface area contributed by atoms with E-state index in [1.54, 1.807) is 12.1 Å². The Morgan fingerprint density at radius 3 is 2.62 bits per heavy atom. The molecule has 4 saturated carbocycles. The van der Waals surface area contributed by atoms with Gasteiger partial charge < -0.3 is 15.8 Å². The molecule has 3 N–H and O–H groups in total. The molecule has 1 aromatic rings. The van der Waals surface area contributed by atoms with E-state index in [-0.39, 0.29) is 17.4 Å². The summed E-state index contributed by atoms with van der Waals surface area (Å²) in [5.41, 5.74) is 4.62. The Labute approximate surface area is 176 Å². The predicted octanol–water partition coefficient (Wildman–Crippen LogP) is 3.65. The molecule has 4 bridgehead atoms. The zero-order valence-electron chi connectivity index (χ0n) is 16.8. The summed E-state index contributed by atoms with van der Waals surface area (Å²) >= 11 is 6.08. The maximum Gasteiger partial charge on any atom is 0.223 e. The third-order valence-corrected chi connectivity index (χ3v) is 7.24. The first-order chi connectivity index (χ1) is 13.7. The van der Waals surface area contributed by atoms with Crippen LogP contribution in [-0.4, -0.2) is 23.4 Å². The molecule has 6 nitrogen and oxygen atoms in total. The van der Waals surface area contributed by atoms with Gasteiger partial charge in [0.15, 0.2) is 11.4 Å². The largest absolute Gasteiger partial charge is 0.480 e. The lowest BCUT2D eigenvalue weighted by molar-refractivity contribution is -0.145. The van der Waals surface area contributed by atoms with Crippen molar-refractivity contribution in [2.24, 2.45) is 33.9 Å². The summed E-state index contributed by atoms with van der Waals surface area (Å²) < 4.78 is 6.15. The average molecular weight is 415 g/mol. The van der Waals surface area contributed by atoms with Crippen molar-refractivity contribution in [1.82, 2.24) is 5.32 Å². The van der Waals surface area contributed by atoms with E-state index in [0.29, 0.717) is 34.4 Å². The van der Waals surface area contributed by atoms with Crippen LogP contribution in [0.1, 0.15) is 46.0 Å². The number of benzene rings is 1. The van der Waals surface area contributed by atoms with Gasteiger partial charge in [0, 0.05) is 16.5 Å². The lowest BCUT2D eigenvalue weighted by Crippen LogP contribution is -2.64. The molecule has 2 atom stereocenters. The highest BCUT2D eigenvalue weighted by molar-refractivity contribution is 6.30. The molecule has 0 heterocycles. The monoisotopic (exact) mass is 414 g/mol. The maximum absolute atomic E-state index is 12.2. The fourth-order valence-corrected chi connectivity index (χ4v) is 6.16. The van der Waals surface area contributed by atoms with Gasteiger partial charge in [-0.25, -0.2) is 0 Å². The predicted molar refractivity (Wildman–Crippen MR) is 111 cm³/mol. The van der Waals surface area contributed by atoms with Crippen LogP contribution in [0.25, 0.3) is 0 Å². The number of hydrogen-bond donors (Lipinski definition) is 2. The van der Waals surface area contributed by atoms with Gasteiger partial charge in [0.05, 0.1) is 0 Å². The summed E-state index contributed by atoms with van der Waals surface area (Å²) in [7, 11) is 0. The highest BCUT2D eigenvalue weighted by Gasteiger charge is 2.58. The number of carbonyl (C=O) groups excluding carboxylic acids is 1. The third kappa shape index (κ3) is 3.69. The number of nitriles is 1. The van der Waals surface area contributed by atoms with E-state index in [1.807, 2.05) is 32.2 Å². The molecule has 0 aliphatic heterocycles. The molecule has 7 heteroatoms. The van der Waals surface area contributed by atoms with Crippen LogP contribution < -0.4 is 15.8 Å². The molecule has 0 radical (unpaired) electrons. The number of amides is 1. The molecule has 2 unspecified atom stereocenters. The van der Waals surface area contributed by atoms with Crippen molar-refractivity contribution in [3.8, 4) is 11.9 Å². The maximum atomic E-state index is 12.2. The second-order valence-corrected chi connectivity index (χ2v) is 9.85. The van der Waals surface area contributed by atoms with Crippen LogP contribution in [0.2, 0.25) is 5.02 Å². The van der Waals surface area contributed by atoms with Crippen LogP contribution in [0.15, 0.2) is 29.3 Å². The zero-order valence-corrected chi connectivity index (χ0v) is 17.6. The van der Waals surface area contributed by atoms with Gasteiger partial charge in [0.1, 0.15) is 5.75 Å². The van der Waals surface area contributed by atoms with Gasteiger partial charge in [-0.1, -0.05) is 17.7 Å². The molecule has 4 aliphatic rings. The Morgan fingerprint density at radius 2 is 2.03 bits per heavy atom. The number of aliphatic imine (C=N–C) groups is 1. The van der Waals surface area contributed by atoms with E-state index < -0.39 is 5.60 Å². The van der Waals surface area contributed by atoms with Crippen LogP contribution in [0.4, 0.5) is 0 Å². The fraction of sp³-hybridized carbons (Fsp3) is 0.591. The second-order valence-electron chi connectivity index (χ2n) is 9.41. The molecular formula is C22H27ClN4O2. The minimum Gasteiger partial charge on any atom is -0.480 e. The van der Waals surface area contributed by atoms with Crippen molar-refractivity contribution in [2.45, 2.75) is 57.6 Å². The molecule has 1 amide bonds.